The highest BCUT2D eigenvalue weighted by Gasteiger charge is 2.07. The lowest BCUT2D eigenvalue weighted by Crippen LogP contribution is -2.40. The number of carbonyl (C=O) groups excluding carboxylic acids is 1. The summed E-state index contributed by atoms with van der Waals surface area (Å²) in [6, 6.07) is 9.67. The van der Waals surface area contributed by atoms with Crippen molar-refractivity contribution < 1.29 is 9.90 Å². The molecule has 1 aromatic carbocycles. The average molecular weight is 287 g/mol. The number of nitrogens with zero attached hydrogens (tertiary/aromatic N) is 1. The summed E-state index contributed by atoms with van der Waals surface area (Å²) in [5.74, 6) is 0. The number of para-hydroxylation sites is 1. The molecule has 5 heteroatoms. The summed E-state index contributed by atoms with van der Waals surface area (Å²) in [5, 5.41) is 15.5. The van der Waals surface area contributed by atoms with E-state index >= 15 is 0 Å². The van der Waals surface area contributed by atoms with Gasteiger partial charge in [-0.3, -0.25) is 4.98 Å². The van der Waals surface area contributed by atoms with Gasteiger partial charge >= 0.3 is 6.03 Å². The average Bonchev–Trinajstić information content (AvgIpc) is 2.51. The number of urea groups is 1. The van der Waals surface area contributed by atoms with Crippen LogP contribution in [0, 0.1) is 0 Å². The number of aliphatic hydroxyl groups excluding tert-OH is 1. The van der Waals surface area contributed by atoms with E-state index in [9.17, 15) is 4.79 Å². The monoisotopic (exact) mass is 287 g/mol. The van der Waals surface area contributed by atoms with Crippen molar-refractivity contribution >= 4 is 16.9 Å². The molecule has 112 valence electrons. The Bertz CT molecular complexity index is 596. The minimum Gasteiger partial charge on any atom is -0.396 e. The van der Waals surface area contributed by atoms with E-state index in [0.717, 1.165) is 22.9 Å². The molecule has 0 aliphatic rings. The molecule has 0 aliphatic heterocycles. The molecule has 3 N–H and O–H groups in total. The lowest BCUT2D eigenvalue weighted by atomic mass is 10.1. The molecule has 2 amide bonds. The molecule has 1 atom stereocenters. The highest BCUT2D eigenvalue weighted by molar-refractivity contribution is 5.82. The number of hydrogen-bond acceptors (Lipinski definition) is 3. The Morgan fingerprint density at radius 1 is 1.33 bits per heavy atom. The van der Waals surface area contributed by atoms with Gasteiger partial charge < -0.3 is 15.7 Å². The van der Waals surface area contributed by atoms with Gasteiger partial charge in [0.15, 0.2) is 0 Å². The fourth-order valence-corrected chi connectivity index (χ4v) is 2.23. The molecule has 0 radical (unpaired) electrons. The van der Waals surface area contributed by atoms with Gasteiger partial charge in [-0.05, 0) is 31.4 Å². The van der Waals surface area contributed by atoms with Crippen LogP contribution in [-0.2, 0) is 6.54 Å². The fourth-order valence-electron chi connectivity index (χ4n) is 2.23. The first-order valence-corrected chi connectivity index (χ1v) is 7.18. The lowest BCUT2D eigenvalue weighted by molar-refractivity contribution is 0.234. The number of amides is 2. The second-order valence-electron chi connectivity index (χ2n) is 5.09. The second kappa shape index (κ2) is 7.59. The standard InChI is InChI=1S/C16H21N3O2/c1-12(5-4-10-20)19-16(21)18-11-14-7-2-6-13-8-3-9-17-15(13)14/h2-3,6-9,12,20H,4-5,10-11H2,1H3,(H2,18,19,21). The van der Waals surface area contributed by atoms with E-state index in [1.54, 1.807) is 6.20 Å². The van der Waals surface area contributed by atoms with Crippen LogP contribution in [0.4, 0.5) is 4.79 Å². The van der Waals surface area contributed by atoms with E-state index in [-0.39, 0.29) is 18.7 Å². The van der Waals surface area contributed by atoms with E-state index in [1.807, 2.05) is 37.3 Å². The highest BCUT2D eigenvalue weighted by atomic mass is 16.3. The number of aromatic nitrogens is 1. The Kier molecular flexibility index (Phi) is 5.51. The van der Waals surface area contributed by atoms with Crippen molar-refractivity contribution in [3.63, 3.8) is 0 Å². The van der Waals surface area contributed by atoms with Crippen LogP contribution >= 0.6 is 0 Å². The Morgan fingerprint density at radius 3 is 2.95 bits per heavy atom. The van der Waals surface area contributed by atoms with E-state index in [4.69, 9.17) is 5.11 Å². The smallest absolute Gasteiger partial charge is 0.315 e. The summed E-state index contributed by atoms with van der Waals surface area (Å²) in [6.07, 6.45) is 3.21. The third kappa shape index (κ3) is 4.43. The minimum atomic E-state index is -0.201. The van der Waals surface area contributed by atoms with Crippen molar-refractivity contribution in [2.75, 3.05) is 6.61 Å². The van der Waals surface area contributed by atoms with Crippen LogP contribution in [0.15, 0.2) is 36.5 Å². The topological polar surface area (TPSA) is 74.2 Å². The van der Waals surface area contributed by atoms with Crippen LogP contribution < -0.4 is 10.6 Å². The van der Waals surface area contributed by atoms with Crippen molar-refractivity contribution in [2.24, 2.45) is 0 Å². The number of benzene rings is 1. The van der Waals surface area contributed by atoms with Gasteiger partial charge in [0.1, 0.15) is 0 Å². The maximum Gasteiger partial charge on any atom is 0.315 e. The van der Waals surface area contributed by atoms with Gasteiger partial charge in [0.05, 0.1) is 5.52 Å². The Balaban J connectivity index is 1.91. The van der Waals surface area contributed by atoms with Crippen LogP contribution in [0.5, 0.6) is 0 Å². The number of carbonyl (C=O) groups is 1. The molecule has 1 aromatic heterocycles. The predicted octanol–water partition coefficient (Wildman–Crippen LogP) is 2.19. The van der Waals surface area contributed by atoms with Crippen molar-refractivity contribution in [2.45, 2.75) is 32.4 Å². The third-order valence-electron chi connectivity index (χ3n) is 3.33. The molecule has 0 fully saturated rings. The molecular weight excluding hydrogens is 266 g/mol. The van der Waals surface area contributed by atoms with E-state index in [1.165, 1.54) is 0 Å². The minimum absolute atomic E-state index is 0.0443. The quantitative estimate of drug-likeness (QED) is 0.762. The first-order valence-electron chi connectivity index (χ1n) is 7.18. The molecule has 0 saturated carbocycles. The molecular formula is C16H21N3O2. The number of nitrogens with one attached hydrogen (secondary N) is 2. The fraction of sp³-hybridized carbons (Fsp3) is 0.375. The van der Waals surface area contributed by atoms with Crippen molar-refractivity contribution in [3.8, 4) is 0 Å². The second-order valence-corrected chi connectivity index (χ2v) is 5.09. The third-order valence-corrected chi connectivity index (χ3v) is 3.33. The SMILES string of the molecule is CC(CCCO)NC(=O)NCc1cccc2cccnc12. The molecule has 2 rings (SSSR count). The van der Waals surface area contributed by atoms with Crippen LogP contribution in [-0.4, -0.2) is 28.8 Å². The zero-order valence-corrected chi connectivity index (χ0v) is 12.2. The summed E-state index contributed by atoms with van der Waals surface area (Å²) in [4.78, 5) is 16.2. The molecule has 0 aliphatic carbocycles. The molecule has 1 heterocycles. The lowest BCUT2D eigenvalue weighted by Gasteiger charge is -2.14. The van der Waals surface area contributed by atoms with Crippen molar-refractivity contribution in [3.05, 3.63) is 42.1 Å². The van der Waals surface area contributed by atoms with E-state index in [0.29, 0.717) is 13.0 Å². The van der Waals surface area contributed by atoms with Gasteiger partial charge in [-0.25, -0.2) is 4.79 Å². The maximum atomic E-state index is 11.8. The number of aliphatic hydroxyl groups is 1. The number of fused-ring (bicyclic) bond motifs is 1. The van der Waals surface area contributed by atoms with Crippen molar-refractivity contribution in [1.29, 1.82) is 0 Å². The summed E-state index contributed by atoms with van der Waals surface area (Å²) in [5.41, 5.74) is 1.90. The Labute approximate surface area is 124 Å². The molecule has 0 bridgehead atoms. The van der Waals surface area contributed by atoms with Crippen LogP contribution in [0.3, 0.4) is 0 Å². The van der Waals surface area contributed by atoms with Gasteiger partial charge in [0, 0.05) is 30.8 Å². The Morgan fingerprint density at radius 2 is 2.14 bits per heavy atom. The van der Waals surface area contributed by atoms with Gasteiger partial charge in [0.25, 0.3) is 0 Å². The van der Waals surface area contributed by atoms with Crippen molar-refractivity contribution in [1.82, 2.24) is 15.6 Å². The van der Waals surface area contributed by atoms with E-state index in [2.05, 4.69) is 15.6 Å². The number of hydrogen-bond donors (Lipinski definition) is 3. The summed E-state index contributed by atoms with van der Waals surface area (Å²) < 4.78 is 0. The largest absolute Gasteiger partial charge is 0.396 e. The molecule has 0 spiro atoms. The normalized spacial score (nSPS) is 12.1. The van der Waals surface area contributed by atoms with Gasteiger partial charge in [-0.1, -0.05) is 24.3 Å². The first kappa shape index (κ1) is 15.3. The van der Waals surface area contributed by atoms with Gasteiger partial charge in [-0.2, -0.15) is 0 Å². The van der Waals surface area contributed by atoms with E-state index < -0.39 is 0 Å². The summed E-state index contributed by atoms with van der Waals surface area (Å²) in [6.45, 7) is 2.51. The zero-order chi connectivity index (χ0) is 15.1. The maximum absolute atomic E-state index is 11.8. The van der Waals surface area contributed by atoms with Crippen LogP contribution in [0.2, 0.25) is 0 Å². The molecule has 2 aromatic rings. The number of pyridine rings is 1. The molecule has 0 saturated heterocycles. The van der Waals surface area contributed by atoms with Gasteiger partial charge in [-0.15, -0.1) is 0 Å². The zero-order valence-electron chi connectivity index (χ0n) is 12.2. The van der Waals surface area contributed by atoms with Gasteiger partial charge in [0.2, 0.25) is 0 Å². The predicted molar refractivity (Wildman–Crippen MR) is 82.9 cm³/mol. The first-order chi connectivity index (χ1) is 10.2. The van der Waals surface area contributed by atoms with Crippen LogP contribution in [0.25, 0.3) is 10.9 Å². The van der Waals surface area contributed by atoms with Crippen LogP contribution in [0.1, 0.15) is 25.3 Å². The number of rotatable bonds is 6. The Hall–Kier alpha value is -2.14. The molecule has 5 nitrogen and oxygen atoms in total. The molecule has 1 unspecified atom stereocenters. The molecule has 21 heavy (non-hydrogen) atoms. The summed E-state index contributed by atoms with van der Waals surface area (Å²) >= 11 is 0. The highest BCUT2D eigenvalue weighted by Crippen LogP contribution is 2.15. The summed E-state index contributed by atoms with van der Waals surface area (Å²) in [7, 11) is 0.